The van der Waals surface area contributed by atoms with Crippen molar-refractivity contribution in [1.82, 2.24) is 14.5 Å². The van der Waals surface area contributed by atoms with Crippen LogP contribution < -0.4 is 14.4 Å². The Morgan fingerprint density at radius 1 is 1.10 bits per heavy atom. The van der Waals surface area contributed by atoms with Crippen LogP contribution in [0.4, 0.5) is 19.0 Å². The summed E-state index contributed by atoms with van der Waals surface area (Å²) in [6, 6.07) is 11.7. The van der Waals surface area contributed by atoms with Crippen LogP contribution in [-0.4, -0.2) is 72.3 Å². The predicted octanol–water partition coefficient (Wildman–Crippen LogP) is 5.24. The molecule has 1 fully saturated rings. The molecule has 42 heavy (non-hydrogen) atoms. The molecule has 1 aromatic heterocycles. The predicted molar refractivity (Wildman–Crippen MR) is 145 cm³/mol. The molecular weight excluding hydrogens is 581 g/mol. The average Bonchev–Trinajstić information content (AvgIpc) is 3.26. The zero-order valence-electron chi connectivity index (χ0n) is 22.6. The Labute approximate surface area is 244 Å². The number of halogens is 4. The average molecular weight is 609 g/mol. The lowest BCUT2D eigenvalue weighted by Gasteiger charge is -2.25. The topological polar surface area (TPSA) is 95.4 Å². The van der Waals surface area contributed by atoms with Crippen LogP contribution in [0.25, 0.3) is 0 Å². The van der Waals surface area contributed by atoms with Gasteiger partial charge in [0.25, 0.3) is 5.91 Å². The van der Waals surface area contributed by atoms with Crippen LogP contribution in [0.15, 0.2) is 48.5 Å². The van der Waals surface area contributed by atoms with Crippen molar-refractivity contribution in [3.8, 4) is 17.5 Å². The lowest BCUT2D eigenvalue weighted by Crippen LogP contribution is -2.40. The van der Waals surface area contributed by atoms with Gasteiger partial charge in [-0.2, -0.15) is 4.98 Å². The highest BCUT2D eigenvalue weighted by atomic mass is 35.5. The second-order valence-corrected chi connectivity index (χ2v) is 10.2. The fourth-order valence-electron chi connectivity index (χ4n) is 4.63. The number of carbonyl (C=O) groups is 2. The molecule has 2 aliphatic heterocycles. The van der Waals surface area contributed by atoms with E-state index >= 15 is 0 Å². The number of benzene rings is 2. The van der Waals surface area contributed by atoms with E-state index in [0.29, 0.717) is 11.6 Å². The van der Waals surface area contributed by atoms with E-state index in [-0.39, 0.29) is 61.7 Å². The van der Waals surface area contributed by atoms with Crippen molar-refractivity contribution in [3.63, 3.8) is 0 Å². The van der Waals surface area contributed by atoms with E-state index in [4.69, 9.17) is 25.8 Å². The molecule has 14 heteroatoms. The Kier molecular flexibility index (Phi) is 8.90. The Morgan fingerprint density at radius 2 is 1.86 bits per heavy atom. The maximum Gasteiger partial charge on any atom is 0.573 e. The van der Waals surface area contributed by atoms with Gasteiger partial charge in [0.1, 0.15) is 18.0 Å². The molecule has 1 atom stereocenters. The molecule has 2 amide bonds. The van der Waals surface area contributed by atoms with Crippen molar-refractivity contribution in [2.45, 2.75) is 38.5 Å². The van der Waals surface area contributed by atoms with E-state index in [0.717, 1.165) is 37.0 Å². The highest BCUT2D eigenvalue weighted by Gasteiger charge is 2.37. The van der Waals surface area contributed by atoms with Gasteiger partial charge in [-0.1, -0.05) is 29.8 Å². The maximum atomic E-state index is 13.9. The summed E-state index contributed by atoms with van der Waals surface area (Å²) in [6.07, 6.45) is -2.55. The highest BCUT2D eigenvalue weighted by molar-refractivity contribution is 6.30. The van der Waals surface area contributed by atoms with E-state index in [9.17, 15) is 22.8 Å². The number of rotatable bonds is 9. The van der Waals surface area contributed by atoms with Crippen LogP contribution in [0, 0.1) is 0 Å². The van der Waals surface area contributed by atoms with Crippen LogP contribution >= 0.6 is 11.6 Å². The van der Waals surface area contributed by atoms with Crippen molar-refractivity contribution in [2.24, 2.45) is 0 Å². The zero-order valence-corrected chi connectivity index (χ0v) is 23.4. The van der Waals surface area contributed by atoms with E-state index in [1.54, 1.807) is 24.3 Å². The summed E-state index contributed by atoms with van der Waals surface area (Å²) in [5.41, 5.74) is 0.805. The normalized spacial score (nSPS) is 17.7. The minimum Gasteiger partial charge on any atom is -0.425 e. The van der Waals surface area contributed by atoms with Crippen molar-refractivity contribution >= 4 is 29.2 Å². The molecule has 0 bridgehead atoms. The smallest absolute Gasteiger partial charge is 0.425 e. The van der Waals surface area contributed by atoms with E-state index in [1.807, 2.05) is 0 Å². The van der Waals surface area contributed by atoms with Gasteiger partial charge in [0.2, 0.25) is 5.91 Å². The van der Waals surface area contributed by atoms with Crippen LogP contribution in [0.2, 0.25) is 5.02 Å². The molecule has 3 aromatic rings. The molecule has 2 aliphatic rings. The Balaban J connectivity index is 1.48. The number of aromatic nitrogens is 2. The van der Waals surface area contributed by atoms with Crippen molar-refractivity contribution in [2.75, 3.05) is 38.3 Å². The number of hydrogen-bond acceptors (Lipinski definition) is 7. The molecule has 0 N–H and O–H groups in total. The van der Waals surface area contributed by atoms with E-state index in [1.165, 1.54) is 33.5 Å². The fourth-order valence-corrected chi connectivity index (χ4v) is 4.76. The summed E-state index contributed by atoms with van der Waals surface area (Å²) < 4.78 is 61.2. The van der Waals surface area contributed by atoms with Gasteiger partial charge in [0.15, 0.2) is 17.8 Å². The first-order valence-corrected chi connectivity index (χ1v) is 13.6. The quantitative estimate of drug-likeness (QED) is 0.328. The van der Waals surface area contributed by atoms with Gasteiger partial charge < -0.3 is 23.8 Å². The third-order valence-electron chi connectivity index (χ3n) is 6.73. The van der Waals surface area contributed by atoms with Gasteiger partial charge in [-0.25, -0.2) is 0 Å². The second-order valence-electron chi connectivity index (χ2n) is 9.75. The van der Waals surface area contributed by atoms with Gasteiger partial charge in [0.05, 0.1) is 13.2 Å². The van der Waals surface area contributed by atoms with Gasteiger partial charge in [0, 0.05) is 31.3 Å². The summed E-state index contributed by atoms with van der Waals surface area (Å²) in [5, 5.41) is 0.510. The number of ether oxygens (including phenoxy) is 4. The summed E-state index contributed by atoms with van der Waals surface area (Å²) in [6.45, 7) is 0.772. The molecule has 0 aliphatic carbocycles. The Morgan fingerprint density at radius 3 is 2.57 bits per heavy atom. The third-order valence-corrected chi connectivity index (χ3v) is 6.98. The van der Waals surface area contributed by atoms with Crippen molar-refractivity contribution < 1.29 is 41.7 Å². The molecule has 0 radical (unpaired) electrons. The third kappa shape index (κ3) is 7.15. The molecule has 3 heterocycles. The number of hydrogen-bond donors (Lipinski definition) is 0. The first-order chi connectivity index (χ1) is 20.1. The zero-order chi connectivity index (χ0) is 29.9. The molecule has 1 unspecified atom stereocenters. The lowest BCUT2D eigenvalue weighted by molar-refractivity contribution is -0.274. The Hall–Kier alpha value is -3.81. The second kappa shape index (κ2) is 12.6. The van der Waals surface area contributed by atoms with Crippen LogP contribution in [0.5, 0.6) is 17.5 Å². The van der Waals surface area contributed by atoms with Gasteiger partial charge in [-0.3, -0.25) is 19.1 Å². The number of likely N-dealkylation sites (N-methyl/N-ethyl adjacent to an activating group) is 1. The minimum atomic E-state index is -4.89. The number of imidazole rings is 1. The maximum absolute atomic E-state index is 13.9. The summed E-state index contributed by atoms with van der Waals surface area (Å²) in [4.78, 5) is 34.1. The monoisotopic (exact) mass is 608 g/mol. The molecule has 224 valence electrons. The largest absolute Gasteiger partial charge is 0.573 e. The number of fused-ring (bicyclic) bond motifs is 1. The molecule has 0 saturated carbocycles. The van der Waals surface area contributed by atoms with Gasteiger partial charge >= 0.3 is 12.4 Å². The van der Waals surface area contributed by atoms with Crippen LogP contribution in [0.1, 0.15) is 35.3 Å². The number of alkyl halides is 3. The first-order valence-electron chi connectivity index (χ1n) is 13.2. The standard InChI is InChI=1S/C28H28ClF3N4O6/c1-34-22(37)17-35(12-14-40-23-7-2-3-13-39-23)26(38)24-25(34)33-27(36(24)16-18-8-10-19(29)11-9-18)41-20-5-4-6-21(15-20)42-28(30,31)32/h4-6,8-11,15,23H,2-3,7,12-14,16-17H2,1H3. The first kappa shape index (κ1) is 29.7. The van der Waals surface area contributed by atoms with Crippen molar-refractivity contribution in [3.05, 3.63) is 64.8 Å². The number of carbonyl (C=O) groups excluding carboxylic acids is 2. The molecule has 2 aromatic carbocycles. The van der Waals surface area contributed by atoms with E-state index in [2.05, 4.69) is 9.72 Å². The summed E-state index contributed by atoms with van der Waals surface area (Å²) in [5.74, 6) is -1.33. The molecule has 1 saturated heterocycles. The number of amides is 2. The van der Waals surface area contributed by atoms with Crippen molar-refractivity contribution in [1.29, 1.82) is 0 Å². The lowest BCUT2D eigenvalue weighted by atomic mass is 10.2. The number of anilines is 1. The highest BCUT2D eigenvalue weighted by Crippen LogP contribution is 2.34. The SMILES string of the molecule is CN1C(=O)CN(CCOC2CCCCO2)C(=O)c2c1nc(Oc1cccc(OC(F)(F)F)c1)n2Cc1ccc(Cl)cc1. The van der Waals surface area contributed by atoms with Gasteiger partial charge in [-0.05, 0) is 49.1 Å². The van der Waals surface area contributed by atoms with Gasteiger partial charge in [-0.15, -0.1) is 13.2 Å². The number of nitrogens with zero attached hydrogens (tertiary/aromatic N) is 4. The van der Waals surface area contributed by atoms with Crippen LogP contribution in [0.3, 0.4) is 0 Å². The summed E-state index contributed by atoms with van der Waals surface area (Å²) in [7, 11) is 1.49. The fraction of sp³-hybridized carbons (Fsp3) is 0.393. The molecule has 0 spiro atoms. The Bertz CT molecular complexity index is 1430. The minimum absolute atomic E-state index is 0.0200. The van der Waals surface area contributed by atoms with Crippen LogP contribution in [-0.2, 0) is 20.8 Å². The molecular formula is C28H28ClF3N4O6. The molecule has 5 rings (SSSR count). The molecule has 10 nitrogen and oxygen atoms in total. The summed E-state index contributed by atoms with van der Waals surface area (Å²) >= 11 is 6.05. The van der Waals surface area contributed by atoms with E-state index < -0.39 is 18.0 Å².